The number of unbranched alkanes of at least 4 members (excludes halogenated alkanes) is 1. The Bertz CT molecular complexity index is 2060. The molecule has 0 spiro atoms. The van der Waals surface area contributed by atoms with E-state index in [1.165, 1.54) is 38.0 Å². The molecule has 0 fully saturated rings. The van der Waals surface area contributed by atoms with Crippen molar-refractivity contribution in [2.75, 3.05) is 13.7 Å². The van der Waals surface area contributed by atoms with Gasteiger partial charge in [0.1, 0.15) is 29.0 Å². The molecule has 2 aromatic carbocycles. The molecule has 2 heterocycles. The van der Waals surface area contributed by atoms with Gasteiger partial charge in [0, 0.05) is 39.9 Å². The van der Waals surface area contributed by atoms with Gasteiger partial charge in [-0.3, -0.25) is 9.59 Å². The van der Waals surface area contributed by atoms with Crippen LogP contribution < -0.4 is 0 Å². The number of fused-ring (bicyclic) bond motifs is 2. The highest BCUT2D eigenvalue weighted by molar-refractivity contribution is 6.02. The third-order valence-corrected chi connectivity index (χ3v) is 10.6. The van der Waals surface area contributed by atoms with E-state index in [1.54, 1.807) is 17.1 Å². The zero-order chi connectivity index (χ0) is 42.1. The first kappa shape index (κ1) is 43.7. The Hall–Kier alpha value is -6.05. The van der Waals surface area contributed by atoms with Gasteiger partial charge in [0.25, 0.3) is 11.8 Å². The molecule has 0 bridgehead atoms. The van der Waals surface area contributed by atoms with Crippen LogP contribution in [0.15, 0.2) is 58.7 Å². The van der Waals surface area contributed by atoms with Crippen LogP contribution in [0.2, 0.25) is 0 Å². The molecule has 0 aromatic heterocycles. The van der Waals surface area contributed by atoms with Crippen LogP contribution in [0, 0.1) is 0 Å². The Balaban J connectivity index is 1.37. The van der Waals surface area contributed by atoms with Crippen molar-refractivity contribution >= 4 is 29.7 Å². The van der Waals surface area contributed by atoms with Gasteiger partial charge in [0.05, 0.1) is 31.3 Å². The molecule has 2 amide bonds. The molecule has 4 rings (SSSR count). The average Bonchev–Trinajstić information content (AvgIpc) is 3.65. The smallest absolute Gasteiger partial charge is 0.330 e. The van der Waals surface area contributed by atoms with Crippen molar-refractivity contribution in [3.63, 3.8) is 0 Å². The van der Waals surface area contributed by atoms with E-state index in [0.29, 0.717) is 44.1 Å². The number of esters is 1. The van der Waals surface area contributed by atoms with E-state index in [1.807, 2.05) is 26.0 Å². The zero-order valence-corrected chi connectivity index (χ0v) is 33.1. The maximum atomic E-state index is 13.6. The van der Waals surface area contributed by atoms with Crippen molar-refractivity contribution in [2.45, 2.75) is 105 Å². The fraction of sp³-hybridized carbons (Fsp3) is 0.419. The molecule has 2 aliphatic heterocycles. The number of aliphatic carboxylic acids is 2. The number of phenols is 4. The number of allylic oxidation sites excluding steroid dienone is 6. The van der Waals surface area contributed by atoms with E-state index in [4.69, 9.17) is 14.9 Å². The number of carboxylic acid groups (broad SMARTS) is 2. The molecule has 306 valence electrons. The summed E-state index contributed by atoms with van der Waals surface area (Å²) < 4.78 is 5.04. The second kappa shape index (κ2) is 19.2. The van der Waals surface area contributed by atoms with E-state index in [9.17, 15) is 44.4 Å². The summed E-state index contributed by atoms with van der Waals surface area (Å²) in [6.45, 7) is 7.09. The Morgan fingerprint density at radius 1 is 0.719 bits per heavy atom. The van der Waals surface area contributed by atoms with Gasteiger partial charge >= 0.3 is 17.9 Å². The summed E-state index contributed by atoms with van der Waals surface area (Å²) in [6.07, 6.45) is 10.5. The summed E-state index contributed by atoms with van der Waals surface area (Å²) in [7, 11) is 1.21. The van der Waals surface area contributed by atoms with Crippen LogP contribution in [0.4, 0.5) is 0 Å². The van der Waals surface area contributed by atoms with E-state index >= 15 is 0 Å². The minimum Gasteiger partial charge on any atom is -0.507 e. The van der Waals surface area contributed by atoms with Crippen molar-refractivity contribution in [1.29, 1.82) is 0 Å². The highest BCUT2D eigenvalue weighted by Gasteiger charge is 2.39. The maximum Gasteiger partial charge on any atom is 0.330 e. The predicted molar refractivity (Wildman–Crippen MR) is 210 cm³/mol. The summed E-state index contributed by atoms with van der Waals surface area (Å²) in [6, 6.07) is 1.64. The summed E-state index contributed by atoms with van der Waals surface area (Å²) >= 11 is 0. The van der Waals surface area contributed by atoms with E-state index in [2.05, 4.69) is 0 Å². The van der Waals surface area contributed by atoms with Crippen LogP contribution >= 0.6 is 0 Å². The second-order valence-electron chi connectivity index (χ2n) is 14.7. The molecule has 6 N–H and O–H groups in total. The first-order chi connectivity index (χ1) is 27.0. The van der Waals surface area contributed by atoms with Crippen molar-refractivity contribution in [3.05, 3.63) is 92.1 Å². The van der Waals surface area contributed by atoms with Crippen molar-refractivity contribution in [1.82, 2.24) is 9.80 Å². The molecule has 0 saturated carbocycles. The third-order valence-electron chi connectivity index (χ3n) is 10.6. The molecule has 0 radical (unpaired) electrons. The van der Waals surface area contributed by atoms with E-state index < -0.39 is 29.9 Å². The monoisotopic (exact) mass is 788 g/mol. The lowest BCUT2D eigenvalue weighted by atomic mass is 9.99. The summed E-state index contributed by atoms with van der Waals surface area (Å²) in [5, 5.41) is 61.8. The van der Waals surface area contributed by atoms with Crippen LogP contribution in [0.5, 0.6) is 23.0 Å². The second-order valence-corrected chi connectivity index (χ2v) is 14.7. The van der Waals surface area contributed by atoms with Gasteiger partial charge in [-0.25, -0.2) is 14.4 Å². The van der Waals surface area contributed by atoms with Crippen LogP contribution in [-0.4, -0.2) is 89.9 Å². The molecule has 2 aromatic rings. The Labute approximate surface area is 331 Å². The fourth-order valence-corrected chi connectivity index (χ4v) is 6.99. The number of carboxylic acids is 2. The number of carbonyl (C=O) groups excluding carboxylic acids is 3. The van der Waals surface area contributed by atoms with E-state index in [-0.39, 0.29) is 107 Å². The Kier molecular flexibility index (Phi) is 14.7. The first-order valence-corrected chi connectivity index (χ1v) is 18.9. The number of amides is 2. The molecule has 14 heteroatoms. The highest BCUT2D eigenvalue weighted by Crippen LogP contribution is 2.41. The number of rotatable bonds is 19. The first-order valence-electron chi connectivity index (χ1n) is 18.9. The van der Waals surface area contributed by atoms with Crippen LogP contribution in [0.3, 0.4) is 0 Å². The van der Waals surface area contributed by atoms with Crippen LogP contribution in [0.1, 0.15) is 116 Å². The highest BCUT2D eigenvalue weighted by atomic mass is 16.5. The van der Waals surface area contributed by atoms with Gasteiger partial charge in [0.15, 0.2) is 0 Å². The summed E-state index contributed by atoms with van der Waals surface area (Å²) in [5.74, 6) is -4.39. The normalized spacial score (nSPS) is 15.2. The van der Waals surface area contributed by atoms with Gasteiger partial charge in [-0.2, -0.15) is 0 Å². The fourth-order valence-electron chi connectivity index (χ4n) is 6.99. The number of ether oxygens (including phenoxy) is 1. The quantitative estimate of drug-likeness (QED) is 0.0392. The number of nitrogens with zero attached hydrogens (tertiary/aromatic N) is 2. The number of hydrogen-bond donors (Lipinski definition) is 6. The summed E-state index contributed by atoms with van der Waals surface area (Å²) in [5.41, 5.74) is 3.84. The molecule has 1 atom stereocenters. The number of methoxy groups -OCH3 is 1. The molecular weight excluding hydrogens is 736 g/mol. The Morgan fingerprint density at radius 3 is 1.67 bits per heavy atom. The zero-order valence-electron chi connectivity index (χ0n) is 33.1. The number of hydrogen-bond acceptors (Lipinski definition) is 10. The molecule has 0 saturated heterocycles. The maximum absolute atomic E-state index is 13.6. The molecule has 14 nitrogen and oxygen atoms in total. The van der Waals surface area contributed by atoms with Gasteiger partial charge in [0.2, 0.25) is 0 Å². The lowest BCUT2D eigenvalue weighted by molar-refractivity contribution is -0.146. The average molecular weight is 789 g/mol. The predicted octanol–water partition coefficient (Wildman–Crippen LogP) is 6.43. The van der Waals surface area contributed by atoms with Gasteiger partial charge in [-0.1, -0.05) is 35.5 Å². The number of carbonyl (C=O) groups is 5. The van der Waals surface area contributed by atoms with Crippen LogP contribution in [0.25, 0.3) is 0 Å². The van der Waals surface area contributed by atoms with Gasteiger partial charge < -0.3 is 45.2 Å². The van der Waals surface area contributed by atoms with E-state index in [0.717, 1.165) is 11.1 Å². The largest absolute Gasteiger partial charge is 0.507 e. The van der Waals surface area contributed by atoms with Crippen molar-refractivity contribution in [3.8, 4) is 23.0 Å². The Morgan fingerprint density at radius 2 is 1.19 bits per heavy atom. The summed E-state index contributed by atoms with van der Waals surface area (Å²) in [4.78, 5) is 64.7. The number of phenolic OH excluding ortho intramolecular Hbond substituents is 4. The topological polar surface area (TPSA) is 222 Å². The van der Waals surface area contributed by atoms with Crippen molar-refractivity contribution in [2.24, 2.45) is 0 Å². The molecular formula is C43H52N2O12. The molecule has 0 unspecified atom stereocenters. The van der Waals surface area contributed by atoms with Gasteiger partial charge in [-0.05, 0) is 97.6 Å². The molecule has 2 aliphatic rings. The standard InChI is InChI=1S/C43H52N2O12/c1-24(10-8-12-26(3)41(52)53)15-17-28-35(46)20-30-32(37(28)48)22-44(39(30)50)19-7-6-14-34(43(56)57-5)45-23-33-31(40(45)51)21-36(47)29(38(33)49)18-16-25(2)11-9-13-27(4)42(54)55/h12-13,15-16,20-21,34,46-49H,6-11,14,17-19,22-23H2,1-5H3,(H,52,53)(H,54,55)/b24-15+,25-16+,26-12+,27-13+/t34-/m0/s1. The van der Waals surface area contributed by atoms with Crippen LogP contribution in [-0.2, 0) is 45.1 Å². The minimum atomic E-state index is -1.01. The van der Waals surface area contributed by atoms with Gasteiger partial charge in [-0.15, -0.1) is 0 Å². The lowest BCUT2D eigenvalue weighted by Gasteiger charge is -2.26. The molecule has 57 heavy (non-hydrogen) atoms. The minimum absolute atomic E-state index is 0.0779. The lowest BCUT2D eigenvalue weighted by Crippen LogP contribution is -2.42. The number of aromatic hydroxyl groups is 4. The van der Waals surface area contributed by atoms with Crippen molar-refractivity contribution < 1.29 is 59.3 Å². The SMILES string of the molecule is COC(=O)[C@H](CCCCN1Cc2c(cc(O)c(C/C=C(\C)CC/C=C(\C)C(=O)O)c2O)C1=O)N1Cc2c(cc(O)c(C/C=C(\C)CC/C=C(\C)C(=O)O)c2O)C1=O. The third kappa shape index (κ3) is 10.4. The molecule has 0 aliphatic carbocycles. The number of benzene rings is 2.